The van der Waals surface area contributed by atoms with Gasteiger partial charge >= 0.3 is 0 Å². The number of amides is 1. The Hall–Kier alpha value is -1.62. The summed E-state index contributed by atoms with van der Waals surface area (Å²) in [5.41, 5.74) is 1.03. The Kier molecular flexibility index (Phi) is 6.47. The predicted molar refractivity (Wildman–Crippen MR) is 83.3 cm³/mol. The Morgan fingerprint density at radius 1 is 1.29 bits per heavy atom. The molecule has 1 N–H and O–H groups in total. The Morgan fingerprint density at radius 2 is 2.05 bits per heavy atom. The third kappa shape index (κ3) is 5.34. The first-order chi connectivity index (χ1) is 10.3. The summed E-state index contributed by atoms with van der Waals surface area (Å²) in [5, 5.41) is 2.87. The van der Waals surface area contributed by atoms with Gasteiger partial charge in [-0.05, 0) is 24.5 Å². The van der Waals surface area contributed by atoms with Crippen molar-refractivity contribution in [2.24, 2.45) is 0 Å². The molecule has 0 bridgehead atoms. The van der Waals surface area contributed by atoms with Gasteiger partial charge < -0.3 is 15.0 Å². The van der Waals surface area contributed by atoms with E-state index < -0.39 is 0 Å². The first-order valence-corrected chi connectivity index (χ1v) is 7.75. The van der Waals surface area contributed by atoms with Crippen LogP contribution in [0.5, 0.6) is 0 Å². The van der Waals surface area contributed by atoms with Gasteiger partial charge in [0.25, 0.3) is 0 Å². The van der Waals surface area contributed by atoms with Crippen LogP contribution >= 0.6 is 0 Å². The van der Waals surface area contributed by atoms with E-state index in [0.717, 1.165) is 24.5 Å². The number of carbonyl (C=O) groups excluding carboxylic acids is 1. The number of rotatable bonds is 6. The Morgan fingerprint density at radius 3 is 2.67 bits per heavy atom. The SMILES string of the molecule is COCCC(=O)NCc1ccc(N2CCCCCC2)nc1. The molecule has 0 aromatic carbocycles. The lowest BCUT2D eigenvalue weighted by Crippen LogP contribution is -2.25. The predicted octanol–water partition coefficient (Wildman–Crippen LogP) is 2.11. The molecular formula is C16H25N3O2. The quantitative estimate of drug-likeness (QED) is 0.872. The molecule has 0 atom stereocenters. The van der Waals surface area contributed by atoms with Gasteiger partial charge in [0.1, 0.15) is 5.82 Å². The van der Waals surface area contributed by atoms with E-state index in [1.54, 1.807) is 7.11 Å². The van der Waals surface area contributed by atoms with Crippen molar-refractivity contribution >= 4 is 11.7 Å². The molecule has 1 saturated heterocycles. The van der Waals surface area contributed by atoms with Gasteiger partial charge in [0.15, 0.2) is 0 Å². The second-order valence-corrected chi connectivity index (χ2v) is 5.45. The van der Waals surface area contributed by atoms with Crippen LogP contribution in [-0.4, -0.2) is 37.7 Å². The maximum atomic E-state index is 11.5. The Balaban J connectivity index is 1.82. The fraction of sp³-hybridized carbons (Fsp3) is 0.625. The summed E-state index contributed by atoms with van der Waals surface area (Å²) in [5.74, 6) is 1.06. The van der Waals surface area contributed by atoms with E-state index in [1.807, 2.05) is 12.3 Å². The molecule has 21 heavy (non-hydrogen) atoms. The molecule has 0 spiro atoms. The number of methoxy groups -OCH3 is 1. The van der Waals surface area contributed by atoms with Crippen molar-refractivity contribution in [3.63, 3.8) is 0 Å². The van der Waals surface area contributed by atoms with Gasteiger partial charge in [0.05, 0.1) is 6.61 Å². The van der Waals surface area contributed by atoms with E-state index in [0.29, 0.717) is 19.6 Å². The van der Waals surface area contributed by atoms with Crippen molar-refractivity contribution in [2.75, 3.05) is 31.7 Å². The van der Waals surface area contributed by atoms with Crippen LogP contribution in [0.1, 0.15) is 37.7 Å². The average molecular weight is 291 g/mol. The molecule has 1 aliphatic heterocycles. The highest BCUT2D eigenvalue weighted by Crippen LogP contribution is 2.17. The topological polar surface area (TPSA) is 54.5 Å². The van der Waals surface area contributed by atoms with Crippen LogP contribution < -0.4 is 10.2 Å². The number of hydrogen-bond acceptors (Lipinski definition) is 4. The highest BCUT2D eigenvalue weighted by Gasteiger charge is 2.10. The summed E-state index contributed by atoms with van der Waals surface area (Å²) in [4.78, 5) is 18.4. The molecule has 0 unspecified atom stereocenters. The fourth-order valence-corrected chi connectivity index (χ4v) is 2.49. The summed E-state index contributed by atoms with van der Waals surface area (Å²) in [6.07, 6.45) is 7.40. The van der Waals surface area contributed by atoms with E-state index in [1.165, 1.54) is 25.7 Å². The summed E-state index contributed by atoms with van der Waals surface area (Å²) < 4.78 is 4.88. The minimum absolute atomic E-state index is 0.00782. The maximum absolute atomic E-state index is 11.5. The average Bonchev–Trinajstić information content (AvgIpc) is 2.80. The number of anilines is 1. The zero-order chi connectivity index (χ0) is 14.9. The second-order valence-electron chi connectivity index (χ2n) is 5.45. The fourth-order valence-electron chi connectivity index (χ4n) is 2.49. The molecule has 2 heterocycles. The standard InChI is InChI=1S/C16H25N3O2/c1-21-11-8-16(20)18-13-14-6-7-15(17-12-14)19-9-4-2-3-5-10-19/h6-7,12H,2-5,8-11,13H2,1H3,(H,18,20). The van der Waals surface area contributed by atoms with Gasteiger partial charge in [-0.15, -0.1) is 0 Å². The molecule has 1 aliphatic rings. The smallest absolute Gasteiger partial charge is 0.222 e. The van der Waals surface area contributed by atoms with Crippen molar-refractivity contribution in [2.45, 2.75) is 38.6 Å². The summed E-state index contributed by atoms with van der Waals surface area (Å²) in [6, 6.07) is 4.10. The lowest BCUT2D eigenvalue weighted by Gasteiger charge is -2.21. The van der Waals surface area contributed by atoms with Gasteiger partial charge in [-0.3, -0.25) is 4.79 Å². The monoisotopic (exact) mass is 291 g/mol. The second kappa shape index (κ2) is 8.62. The maximum Gasteiger partial charge on any atom is 0.222 e. The van der Waals surface area contributed by atoms with Gasteiger partial charge in [-0.25, -0.2) is 4.98 Å². The Bertz CT molecular complexity index is 426. The molecule has 1 amide bonds. The van der Waals surface area contributed by atoms with Crippen LogP contribution in [0.4, 0.5) is 5.82 Å². The van der Waals surface area contributed by atoms with Crippen LogP contribution in [0.15, 0.2) is 18.3 Å². The molecule has 0 aliphatic carbocycles. The third-order valence-corrected chi connectivity index (χ3v) is 3.76. The van der Waals surface area contributed by atoms with Gasteiger partial charge in [-0.2, -0.15) is 0 Å². The molecule has 0 radical (unpaired) electrons. The summed E-state index contributed by atoms with van der Waals surface area (Å²) in [7, 11) is 1.60. The third-order valence-electron chi connectivity index (χ3n) is 3.76. The van der Waals surface area contributed by atoms with Gasteiger partial charge in [-0.1, -0.05) is 18.9 Å². The molecule has 0 saturated carbocycles. The summed E-state index contributed by atoms with van der Waals surface area (Å²) >= 11 is 0. The number of hydrogen-bond donors (Lipinski definition) is 1. The molecule has 1 fully saturated rings. The number of nitrogens with zero attached hydrogens (tertiary/aromatic N) is 2. The van der Waals surface area contributed by atoms with E-state index in [-0.39, 0.29) is 5.91 Å². The van der Waals surface area contributed by atoms with Gasteiger partial charge in [0, 0.05) is 39.4 Å². The van der Waals surface area contributed by atoms with Crippen molar-refractivity contribution in [1.29, 1.82) is 0 Å². The largest absolute Gasteiger partial charge is 0.384 e. The number of pyridine rings is 1. The highest BCUT2D eigenvalue weighted by atomic mass is 16.5. The van der Waals surface area contributed by atoms with Crippen LogP contribution in [0, 0.1) is 0 Å². The van der Waals surface area contributed by atoms with Crippen LogP contribution in [0.25, 0.3) is 0 Å². The first-order valence-electron chi connectivity index (χ1n) is 7.75. The minimum Gasteiger partial charge on any atom is -0.384 e. The number of aromatic nitrogens is 1. The highest BCUT2D eigenvalue weighted by molar-refractivity contribution is 5.75. The molecule has 5 nitrogen and oxygen atoms in total. The molecule has 1 aromatic heterocycles. The van der Waals surface area contributed by atoms with Crippen molar-refractivity contribution < 1.29 is 9.53 Å². The van der Waals surface area contributed by atoms with E-state index in [4.69, 9.17) is 4.74 Å². The zero-order valence-electron chi connectivity index (χ0n) is 12.8. The lowest BCUT2D eigenvalue weighted by molar-refractivity contribution is -0.122. The zero-order valence-corrected chi connectivity index (χ0v) is 12.8. The number of ether oxygens (including phenoxy) is 1. The van der Waals surface area contributed by atoms with Crippen LogP contribution in [0.2, 0.25) is 0 Å². The van der Waals surface area contributed by atoms with Crippen molar-refractivity contribution in [1.82, 2.24) is 10.3 Å². The van der Waals surface area contributed by atoms with Crippen molar-refractivity contribution in [3.8, 4) is 0 Å². The molecular weight excluding hydrogens is 266 g/mol. The lowest BCUT2D eigenvalue weighted by atomic mass is 10.2. The van der Waals surface area contributed by atoms with E-state index in [2.05, 4.69) is 21.3 Å². The van der Waals surface area contributed by atoms with Crippen LogP contribution in [-0.2, 0) is 16.1 Å². The normalized spacial score (nSPS) is 15.6. The minimum atomic E-state index is 0.00782. The molecule has 2 rings (SSSR count). The number of nitrogens with one attached hydrogen (secondary N) is 1. The van der Waals surface area contributed by atoms with E-state index in [9.17, 15) is 4.79 Å². The summed E-state index contributed by atoms with van der Waals surface area (Å²) in [6.45, 7) is 3.17. The molecule has 116 valence electrons. The van der Waals surface area contributed by atoms with Crippen molar-refractivity contribution in [3.05, 3.63) is 23.9 Å². The Labute approximate surface area is 126 Å². The van der Waals surface area contributed by atoms with Crippen LogP contribution in [0.3, 0.4) is 0 Å². The van der Waals surface area contributed by atoms with E-state index >= 15 is 0 Å². The molecule has 1 aromatic rings. The first kappa shape index (κ1) is 15.8. The molecule has 5 heteroatoms. The van der Waals surface area contributed by atoms with Gasteiger partial charge in [0.2, 0.25) is 5.91 Å². The number of carbonyl (C=O) groups is 1.